The van der Waals surface area contributed by atoms with Crippen molar-refractivity contribution in [1.29, 1.82) is 0 Å². The number of aryl methyl sites for hydroxylation is 1. The van der Waals surface area contributed by atoms with Gasteiger partial charge in [0.15, 0.2) is 0 Å². The van der Waals surface area contributed by atoms with Gasteiger partial charge in [-0.2, -0.15) is 0 Å². The van der Waals surface area contributed by atoms with E-state index in [-0.39, 0.29) is 6.04 Å². The highest BCUT2D eigenvalue weighted by atomic mass is 32.1. The van der Waals surface area contributed by atoms with E-state index in [9.17, 15) is 0 Å². The zero-order valence-corrected chi connectivity index (χ0v) is 13.5. The van der Waals surface area contributed by atoms with Crippen molar-refractivity contribution < 1.29 is 4.42 Å². The lowest BCUT2D eigenvalue weighted by Gasteiger charge is -2.18. The van der Waals surface area contributed by atoms with Crippen LogP contribution in [0, 0.1) is 6.92 Å². The maximum absolute atomic E-state index is 6.04. The van der Waals surface area contributed by atoms with Crippen molar-refractivity contribution >= 4 is 22.3 Å². The fourth-order valence-electron chi connectivity index (χ4n) is 2.90. The average Bonchev–Trinajstić information content (AvgIpc) is 3.07. The van der Waals surface area contributed by atoms with Gasteiger partial charge in [0.25, 0.3) is 0 Å². The Morgan fingerprint density at radius 2 is 1.95 bits per heavy atom. The van der Waals surface area contributed by atoms with E-state index in [1.807, 2.05) is 23.5 Å². The molecular weight excluding hydrogens is 278 g/mol. The van der Waals surface area contributed by atoms with Crippen LogP contribution in [-0.4, -0.2) is 6.04 Å². The number of benzene rings is 1. The summed E-state index contributed by atoms with van der Waals surface area (Å²) >= 11 is 1.82. The van der Waals surface area contributed by atoms with Gasteiger partial charge in [0.1, 0.15) is 11.3 Å². The van der Waals surface area contributed by atoms with E-state index < -0.39 is 0 Å². The molecule has 0 amide bonds. The van der Waals surface area contributed by atoms with Crippen LogP contribution in [0.2, 0.25) is 0 Å². The molecule has 2 nitrogen and oxygen atoms in total. The normalized spacial score (nSPS) is 14.4. The number of nitrogens with one attached hydrogen (secondary N) is 1. The molecule has 2 atom stereocenters. The number of para-hydroxylation sites is 1. The van der Waals surface area contributed by atoms with Crippen LogP contribution in [0.5, 0.6) is 0 Å². The van der Waals surface area contributed by atoms with Crippen molar-refractivity contribution in [2.24, 2.45) is 0 Å². The Morgan fingerprint density at radius 3 is 2.67 bits per heavy atom. The fourth-order valence-corrected chi connectivity index (χ4v) is 3.73. The van der Waals surface area contributed by atoms with Gasteiger partial charge in [-0.15, -0.1) is 11.3 Å². The van der Waals surface area contributed by atoms with Crippen LogP contribution < -0.4 is 5.32 Å². The number of hydrogen-bond acceptors (Lipinski definition) is 3. The molecule has 2 heterocycles. The monoisotopic (exact) mass is 299 g/mol. The first-order chi connectivity index (χ1) is 10.1. The van der Waals surface area contributed by atoms with Gasteiger partial charge in [-0.25, -0.2) is 0 Å². The largest absolute Gasteiger partial charge is 0.459 e. The Morgan fingerprint density at radius 1 is 1.14 bits per heavy atom. The fraction of sp³-hybridized carbons (Fsp3) is 0.333. The molecule has 3 heteroatoms. The molecule has 0 aliphatic carbocycles. The van der Waals surface area contributed by atoms with Crippen LogP contribution in [0.1, 0.15) is 36.1 Å². The minimum atomic E-state index is 0.215. The molecular formula is C18H21NOS. The summed E-state index contributed by atoms with van der Waals surface area (Å²) in [4.78, 5) is 1.42. The summed E-state index contributed by atoms with van der Waals surface area (Å²) in [5, 5.41) is 7.00. The van der Waals surface area contributed by atoms with Crippen molar-refractivity contribution in [2.75, 3.05) is 0 Å². The molecule has 1 aromatic carbocycles. The molecule has 3 aromatic rings. The molecule has 2 unspecified atom stereocenters. The van der Waals surface area contributed by atoms with Crippen molar-refractivity contribution in [3.05, 3.63) is 58.0 Å². The maximum atomic E-state index is 6.04. The van der Waals surface area contributed by atoms with Crippen LogP contribution in [0.3, 0.4) is 0 Å². The second kappa shape index (κ2) is 6.04. The van der Waals surface area contributed by atoms with Crippen LogP contribution in [0.4, 0.5) is 0 Å². The van der Waals surface area contributed by atoms with E-state index in [2.05, 4.69) is 55.7 Å². The number of rotatable bonds is 5. The second-order valence-electron chi connectivity index (χ2n) is 5.66. The highest BCUT2D eigenvalue weighted by Gasteiger charge is 2.18. The first kappa shape index (κ1) is 14.4. The summed E-state index contributed by atoms with van der Waals surface area (Å²) in [5.41, 5.74) is 2.22. The molecule has 0 spiro atoms. The van der Waals surface area contributed by atoms with E-state index in [0.29, 0.717) is 6.04 Å². The minimum Gasteiger partial charge on any atom is -0.459 e. The van der Waals surface area contributed by atoms with Crippen molar-refractivity contribution in [2.45, 2.75) is 39.3 Å². The summed E-state index contributed by atoms with van der Waals surface area (Å²) in [6.07, 6.45) is 1.06. The number of thiophene rings is 1. The van der Waals surface area contributed by atoms with Crippen molar-refractivity contribution in [3.8, 4) is 0 Å². The molecule has 3 rings (SSSR count). The molecule has 1 N–H and O–H groups in total. The summed E-state index contributed by atoms with van der Waals surface area (Å²) in [6.45, 7) is 6.55. The Kier molecular flexibility index (Phi) is 4.13. The second-order valence-corrected chi connectivity index (χ2v) is 6.69. The topological polar surface area (TPSA) is 25.2 Å². The quantitative estimate of drug-likeness (QED) is 0.710. The van der Waals surface area contributed by atoms with Gasteiger partial charge in [0.05, 0.1) is 6.04 Å². The van der Waals surface area contributed by atoms with Gasteiger partial charge >= 0.3 is 0 Å². The molecule has 0 fully saturated rings. The Bertz CT molecular complexity index is 714. The minimum absolute atomic E-state index is 0.215. The summed E-state index contributed by atoms with van der Waals surface area (Å²) < 4.78 is 6.04. The number of hydrogen-bond donors (Lipinski definition) is 1. The summed E-state index contributed by atoms with van der Waals surface area (Å²) in [7, 11) is 0. The molecule has 0 radical (unpaired) electrons. The Labute approximate surface area is 129 Å². The molecule has 2 aromatic heterocycles. The highest BCUT2D eigenvalue weighted by Crippen LogP contribution is 2.29. The van der Waals surface area contributed by atoms with E-state index in [1.165, 1.54) is 15.8 Å². The van der Waals surface area contributed by atoms with E-state index in [1.54, 1.807) is 0 Å². The molecule has 0 aliphatic rings. The van der Waals surface area contributed by atoms with Gasteiger partial charge in [0, 0.05) is 16.3 Å². The Hall–Kier alpha value is -1.58. The van der Waals surface area contributed by atoms with E-state index in [0.717, 1.165) is 17.8 Å². The highest BCUT2D eigenvalue weighted by molar-refractivity contribution is 7.09. The maximum Gasteiger partial charge on any atom is 0.134 e. The van der Waals surface area contributed by atoms with Gasteiger partial charge in [-0.05, 0) is 50.3 Å². The van der Waals surface area contributed by atoms with Crippen molar-refractivity contribution in [3.63, 3.8) is 0 Å². The third-order valence-electron chi connectivity index (χ3n) is 3.90. The molecule has 0 aliphatic heterocycles. The third-order valence-corrected chi connectivity index (χ3v) is 4.79. The lowest BCUT2D eigenvalue weighted by molar-refractivity contribution is 0.408. The van der Waals surface area contributed by atoms with Crippen molar-refractivity contribution in [1.82, 2.24) is 5.32 Å². The Balaban J connectivity index is 1.74. The molecule has 0 bridgehead atoms. The molecule has 110 valence electrons. The van der Waals surface area contributed by atoms with E-state index in [4.69, 9.17) is 4.42 Å². The zero-order chi connectivity index (χ0) is 14.8. The number of furan rings is 1. The SMILES string of the molecule is Cc1c(C(C)NC(C)Cc2cccs2)oc2ccccc12. The molecule has 0 saturated heterocycles. The lowest BCUT2D eigenvalue weighted by Crippen LogP contribution is -2.30. The van der Waals surface area contributed by atoms with Gasteiger partial charge in [0.2, 0.25) is 0 Å². The third kappa shape index (κ3) is 3.04. The van der Waals surface area contributed by atoms with E-state index >= 15 is 0 Å². The molecule has 0 saturated carbocycles. The van der Waals surface area contributed by atoms with Gasteiger partial charge in [-0.3, -0.25) is 0 Å². The van der Waals surface area contributed by atoms with Gasteiger partial charge < -0.3 is 9.73 Å². The standard InChI is InChI=1S/C18H21NOS/c1-12(11-15-7-6-10-21-15)19-14(3)18-13(2)16-8-4-5-9-17(16)20-18/h4-10,12,14,19H,11H2,1-3H3. The lowest BCUT2D eigenvalue weighted by atomic mass is 10.1. The smallest absolute Gasteiger partial charge is 0.134 e. The van der Waals surface area contributed by atoms with Crippen LogP contribution in [0.25, 0.3) is 11.0 Å². The van der Waals surface area contributed by atoms with Crippen LogP contribution >= 0.6 is 11.3 Å². The first-order valence-corrected chi connectivity index (χ1v) is 8.29. The van der Waals surface area contributed by atoms with Gasteiger partial charge in [-0.1, -0.05) is 24.3 Å². The average molecular weight is 299 g/mol. The summed E-state index contributed by atoms with van der Waals surface area (Å²) in [5.74, 6) is 1.05. The summed E-state index contributed by atoms with van der Waals surface area (Å²) in [6, 6.07) is 13.2. The zero-order valence-electron chi connectivity index (χ0n) is 12.7. The predicted octanol–water partition coefficient (Wildman–Crippen LogP) is 5.08. The molecule has 21 heavy (non-hydrogen) atoms. The van der Waals surface area contributed by atoms with Crippen LogP contribution in [0.15, 0.2) is 46.2 Å². The van der Waals surface area contributed by atoms with Crippen LogP contribution in [-0.2, 0) is 6.42 Å². The predicted molar refractivity (Wildman–Crippen MR) is 90.0 cm³/mol. The number of fused-ring (bicyclic) bond motifs is 1. The first-order valence-electron chi connectivity index (χ1n) is 7.41.